The molecule has 6 fully saturated rings. The monoisotopic (exact) mass is 393 g/mol. The van der Waals surface area contributed by atoms with Crippen molar-refractivity contribution in [3.05, 3.63) is 30.3 Å². The second-order valence-corrected chi connectivity index (χ2v) is 10.1. The molecule has 4 saturated carbocycles. The van der Waals surface area contributed by atoms with Crippen LogP contribution in [0.2, 0.25) is 0 Å². The molecule has 5 nitrogen and oxygen atoms in total. The smallest absolute Gasteiger partial charge is 0.312 e. The summed E-state index contributed by atoms with van der Waals surface area (Å²) in [5.74, 6) is 2.62. The van der Waals surface area contributed by atoms with E-state index in [1.54, 1.807) is 4.90 Å². The summed E-state index contributed by atoms with van der Waals surface area (Å²) in [5, 5.41) is 0. The Morgan fingerprint density at radius 3 is 1.93 bits per heavy atom. The van der Waals surface area contributed by atoms with E-state index in [0.717, 1.165) is 37.9 Å². The molecule has 1 aromatic carbocycles. The van der Waals surface area contributed by atoms with Crippen molar-refractivity contribution in [1.29, 1.82) is 0 Å². The second kappa shape index (κ2) is 6.48. The van der Waals surface area contributed by atoms with Crippen LogP contribution >= 0.6 is 0 Å². The summed E-state index contributed by atoms with van der Waals surface area (Å²) >= 11 is 0. The van der Waals surface area contributed by atoms with Gasteiger partial charge in [0, 0.05) is 38.4 Å². The Morgan fingerprint density at radius 1 is 0.759 bits per heavy atom. The van der Waals surface area contributed by atoms with Gasteiger partial charge in [0.1, 0.15) is 0 Å². The van der Waals surface area contributed by atoms with Crippen molar-refractivity contribution in [2.75, 3.05) is 37.6 Å². The first-order chi connectivity index (χ1) is 14.1. The lowest BCUT2D eigenvalue weighted by atomic mass is 9.45. The average molecular weight is 394 g/mol. The van der Waals surface area contributed by atoms with Crippen LogP contribution in [0.1, 0.15) is 38.5 Å². The SMILES string of the molecule is O=C(C(=O)N1CCC12C1CC3CC(C1)CC2C3)N1CCN(c2ccccc2)CC1. The Hall–Kier alpha value is -2.04. The number of carbonyl (C=O) groups is 2. The Morgan fingerprint density at radius 2 is 1.38 bits per heavy atom. The van der Waals surface area contributed by atoms with Crippen LogP contribution < -0.4 is 4.90 Å². The van der Waals surface area contributed by atoms with Gasteiger partial charge in [0.05, 0.1) is 5.54 Å². The topological polar surface area (TPSA) is 43.9 Å². The number of nitrogens with zero attached hydrogens (tertiary/aromatic N) is 3. The number of carbonyl (C=O) groups excluding carboxylic acids is 2. The van der Waals surface area contributed by atoms with Crippen molar-refractivity contribution in [3.63, 3.8) is 0 Å². The van der Waals surface area contributed by atoms with Crippen molar-refractivity contribution in [2.45, 2.75) is 44.1 Å². The molecule has 4 aliphatic carbocycles. The molecule has 0 radical (unpaired) electrons. The zero-order chi connectivity index (χ0) is 19.6. The highest BCUT2D eigenvalue weighted by Gasteiger charge is 2.64. The number of hydrogen-bond donors (Lipinski definition) is 0. The largest absolute Gasteiger partial charge is 0.368 e. The summed E-state index contributed by atoms with van der Waals surface area (Å²) in [7, 11) is 0. The fourth-order valence-corrected chi connectivity index (χ4v) is 7.68. The zero-order valence-corrected chi connectivity index (χ0v) is 17.1. The van der Waals surface area contributed by atoms with E-state index < -0.39 is 0 Å². The Labute approximate surface area is 173 Å². The molecular weight excluding hydrogens is 362 g/mol. The first-order valence-electron chi connectivity index (χ1n) is 11.6. The van der Waals surface area contributed by atoms with Crippen molar-refractivity contribution in [2.24, 2.45) is 23.7 Å². The molecule has 2 saturated heterocycles. The summed E-state index contributed by atoms with van der Waals surface area (Å²) < 4.78 is 0. The Bertz CT molecular complexity index is 787. The minimum atomic E-state index is -0.259. The van der Waals surface area contributed by atoms with E-state index in [4.69, 9.17) is 0 Å². The third-order valence-electron chi connectivity index (χ3n) is 8.91. The molecule has 6 aliphatic rings. The van der Waals surface area contributed by atoms with Crippen LogP contribution in [0.4, 0.5) is 5.69 Å². The van der Waals surface area contributed by atoms with E-state index in [0.29, 0.717) is 24.9 Å². The zero-order valence-electron chi connectivity index (χ0n) is 17.1. The van der Waals surface area contributed by atoms with Crippen molar-refractivity contribution in [3.8, 4) is 0 Å². The fraction of sp³-hybridized carbons (Fsp3) is 0.667. The molecule has 2 amide bonds. The molecule has 0 unspecified atom stereocenters. The Balaban J connectivity index is 1.13. The summed E-state index contributed by atoms with van der Waals surface area (Å²) in [4.78, 5) is 32.5. The van der Waals surface area contributed by atoms with Crippen molar-refractivity contribution < 1.29 is 9.59 Å². The highest BCUT2D eigenvalue weighted by Crippen LogP contribution is 2.63. The van der Waals surface area contributed by atoms with Gasteiger partial charge in [-0.2, -0.15) is 0 Å². The molecule has 0 atom stereocenters. The minimum absolute atomic E-state index is 0.0338. The van der Waals surface area contributed by atoms with Crippen molar-refractivity contribution in [1.82, 2.24) is 9.80 Å². The molecule has 29 heavy (non-hydrogen) atoms. The number of amides is 2. The van der Waals surface area contributed by atoms with Gasteiger partial charge in [-0.15, -0.1) is 0 Å². The third-order valence-corrected chi connectivity index (χ3v) is 8.91. The number of likely N-dealkylation sites (tertiary alicyclic amines) is 1. The molecule has 1 aromatic rings. The standard InChI is InChI=1S/C24H31N3O2/c28-22(26-10-8-25(9-11-26)21-4-2-1-3-5-21)23(29)27-7-6-24(27)19-13-17-12-18(15-19)16-20(24)14-17/h1-5,17-20H,6-16H2. The predicted molar refractivity (Wildman–Crippen MR) is 111 cm³/mol. The first kappa shape index (κ1) is 17.8. The van der Waals surface area contributed by atoms with Crippen LogP contribution in [0, 0.1) is 23.7 Å². The maximum atomic E-state index is 13.3. The van der Waals surface area contributed by atoms with Gasteiger partial charge in [-0.05, 0) is 74.3 Å². The van der Waals surface area contributed by atoms with Crippen LogP contribution in [0.15, 0.2) is 30.3 Å². The lowest BCUT2D eigenvalue weighted by molar-refractivity contribution is -0.199. The quantitative estimate of drug-likeness (QED) is 0.689. The molecule has 154 valence electrons. The number of hydrogen-bond acceptors (Lipinski definition) is 3. The molecule has 2 aliphatic heterocycles. The van der Waals surface area contributed by atoms with Crippen LogP contribution in [0.3, 0.4) is 0 Å². The Kier molecular flexibility index (Phi) is 3.97. The van der Waals surface area contributed by atoms with Crippen molar-refractivity contribution >= 4 is 17.5 Å². The summed E-state index contributed by atoms with van der Waals surface area (Å²) in [6.07, 6.45) is 7.72. The number of piperazine rings is 1. The molecule has 0 N–H and O–H groups in total. The maximum Gasteiger partial charge on any atom is 0.312 e. The highest BCUT2D eigenvalue weighted by molar-refractivity contribution is 6.35. The second-order valence-electron chi connectivity index (χ2n) is 10.1. The molecule has 7 rings (SSSR count). The molecule has 0 aromatic heterocycles. The predicted octanol–water partition coefficient (Wildman–Crippen LogP) is 2.76. The molecule has 1 spiro atoms. The van der Waals surface area contributed by atoms with Gasteiger partial charge in [-0.3, -0.25) is 9.59 Å². The van der Waals surface area contributed by atoms with Gasteiger partial charge in [0.25, 0.3) is 0 Å². The van der Waals surface area contributed by atoms with Gasteiger partial charge >= 0.3 is 11.8 Å². The molecular formula is C24H31N3O2. The minimum Gasteiger partial charge on any atom is -0.368 e. The van der Waals surface area contributed by atoms with Gasteiger partial charge in [-0.1, -0.05) is 18.2 Å². The van der Waals surface area contributed by atoms with Crippen LogP contribution in [-0.2, 0) is 9.59 Å². The molecule has 5 heteroatoms. The van der Waals surface area contributed by atoms with Gasteiger partial charge in [0.2, 0.25) is 0 Å². The number of anilines is 1. The lowest BCUT2D eigenvalue weighted by Gasteiger charge is -2.69. The van der Waals surface area contributed by atoms with E-state index in [2.05, 4.69) is 17.0 Å². The molecule has 2 heterocycles. The van der Waals surface area contributed by atoms with Crippen LogP contribution in [-0.4, -0.2) is 59.9 Å². The maximum absolute atomic E-state index is 13.3. The van der Waals surface area contributed by atoms with E-state index in [1.807, 2.05) is 23.1 Å². The normalized spacial score (nSPS) is 37.7. The first-order valence-corrected chi connectivity index (χ1v) is 11.6. The number of para-hydroxylation sites is 1. The fourth-order valence-electron chi connectivity index (χ4n) is 7.68. The van der Waals surface area contributed by atoms with Gasteiger partial charge in [-0.25, -0.2) is 0 Å². The number of benzene rings is 1. The third kappa shape index (κ3) is 2.58. The summed E-state index contributed by atoms with van der Waals surface area (Å²) in [6, 6.07) is 10.3. The van der Waals surface area contributed by atoms with Crippen LogP contribution in [0.5, 0.6) is 0 Å². The van der Waals surface area contributed by atoms with Gasteiger partial charge in [0.15, 0.2) is 0 Å². The van der Waals surface area contributed by atoms with Gasteiger partial charge < -0.3 is 14.7 Å². The summed E-state index contributed by atoms with van der Waals surface area (Å²) in [5.41, 5.74) is 1.23. The van der Waals surface area contributed by atoms with E-state index in [9.17, 15) is 9.59 Å². The van der Waals surface area contributed by atoms with E-state index in [-0.39, 0.29) is 17.4 Å². The summed E-state index contributed by atoms with van der Waals surface area (Å²) in [6.45, 7) is 3.65. The highest BCUT2D eigenvalue weighted by atomic mass is 16.2. The average Bonchev–Trinajstić information content (AvgIpc) is 2.73. The van der Waals surface area contributed by atoms with E-state index >= 15 is 0 Å². The van der Waals surface area contributed by atoms with E-state index in [1.165, 1.54) is 37.8 Å². The molecule has 4 bridgehead atoms. The van der Waals surface area contributed by atoms with Crippen LogP contribution in [0.25, 0.3) is 0 Å². The number of rotatable bonds is 1. The lowest BCUT2D eigenvalue weighted by Crippen LogP contribution is -2.75.